The second kappa shape index (κ2) is 7.88. The van der Waals surface area contributed by atoms with Crippen molar-refractivity contribution in [2.24, 2.45) is 5.14 Å². The lowest BCUT2D eigenvalue weighted by Gasteiger charge is -2.07. The van der Waals surface area contributed by atoms with Crippen molar-refractivity contribution in [2.75, 3.05) is 6.54 Å². The SMILES string of the molecule is CCCCCCCNS(=O)(=O)c1ccc(S(N)(=O)=O)cc1. The molecule has 0 unspecified atom stereocenters. The van der Waals surface area contributed by atoms with E-state index in [2.05, 4.69) is 11.6 Å². The fourth-order valence-corrected chi connectivity index (χ4v) is 3.42. The summed E-state index contributed by atoms with van der Waals surface area (Å²) in [6.07, 6.45) is 5.17. The lowest BCUT2D eigenvalue weighted by atomic mass is 10.2. The summed E-state index contributed by atoms with van der Waals surface area (Å²) in [5, 5.41) is 4.96. The third-order valence-corrected chi connectivity index (χ3v) is 5.44. The summed E-state index contributed by atoms with van der Waals surface area (Å²) in [5.74, 6) is 0. The van der Waals surface area contributed by atoms with Crippen LogP contribution in [0.4, 0.5) is 0 Å². The van der Waals surface area contributed by atoms with Crippen molar-refractivity contribution in [3.63, 3.8) is 0 Å². The molecule has 8 heteroatoms. The molecule has 0 spiro atoms. The van der Waals surface area contributed by atoms with Gasteiger partial charge in [-0.25, -0.2) is 26.7 Å². The van der Waals surface area contributed by atoms with Crippen molar-refractivity contribution in [1.82, 2.24) is 4.72 Å². The molecule has 0 aliphatic heterocycles. The fourth-order valence-electron chi connectivity index (χ4n) is 1.83. The predicted molar refractivity (Wildman–Crippen MR) is 81.8 cm³/mol. The number of unbranched alkanes of at least 4 members (excludes halogenated alkanes) is 4. The molecule has 120 valence electrons. The van der Waals surface area contributed by atoms with Crippen LogP contribution in [0, 0.1) is 0 Å². The van der Waals surface area contributed by atoms with Gasteiger partial charge in [0.1, 0.15) is 0 Å². The van der Waals surface area contributed by atoms with E-state index in [0.717, 1.165) is 32.1 Å². The monoisotopic (exact) mass is 334 g/mol. The van der Waals surface area contributed by atoms with Gasteiger partial charge in [0.15, 0.2) is 0 Å². The molecule has 0 heterocycles. The highest BCUT2D eigenvalue weighted by Gasteiger charge is 2.15. The minimum atomic E-state index is -3.81. The molecule has 1 rings (SSSR count). The molecule has 1 aromatic carbocycles. The Morgan fingerprint density at radius 1 is 0.905 bits per heavy atom. The second-order valence-corrected chi connectivity index (χ2v) is 8.16. The maximum absolute atomic E-state index is 12.0. The zero-order chi connectivity index (χ0) is 15.9. The molecule has 0 aliphatic carbocycles. The summed E-state index contributed by atoms with van der Waals surface area (Å²) in [4.78, 5) is -0.0792. The summed E-state index contributed by atoms with van der Waals surface area (Å²) in [5.41, 5.74) is 0. The van der Waals surface area contributed by atoms with E-state index in [4.69, 9.17) is 5.14 Å². The van der Waals surface area contributed by atoms with Crippen LogP contribution in [0.15, 0.2) is 34.1 Å². The third kappa shape index (κ3) is 6.13. The van der Waals surface area contributed by atoms with Gasteiger partial charge in [0.2, 0.25) is 20.0 Å². The fraction of sp³-hybridized carbons (Fsp3) is 0.538. The molecule has 0 aromatic heterocycles. The lowest BCUT2D eigenvalue weighted by Crippen LogP contribution is -2.25. The predicted octanol–water partition coefficient (Wildman–Crippen LogP) is 1.58. The smallest absolute Gasteiger partial charge is 0.225 e. The molecule has 0 amide bonds. The van der Waals surface area contributed by atoms with Crippen LogP contribution in [-0.2, 0) is 20.0 Å². The van der Waals surface area contributed by atoms with Gasteiger partial charge < -0.3 is 0 Å². The molecular formula is C13H22N2O4S2. The topological polar surface area (TPSA) is 106 Å². The number of primary sulfonamides is 1. The zero-order valence-corrected chi connectivity index (χ0v) is 13.7. The largest absolute Gasteiger partial charge is 0.240 e. The first-order chi connectivity index (χ1) is 9.77. The van der Waals surface area contributed by atoms with E-state index in [1.807, 2.05) is 0 Å². The first kappa shape index (κ1) is 18.1. The first-order valence-corrected chi connectivity index (χ1v) is 9.93. The number of nitrogens with two attached hydrogens (primary N) is 1. The molecule has 1 aromatic rings. The summed E-state index contributed by atoms with van der Waals surface area (Å²) >= 11 is 0. The van der Waals surface area contributed by atoms with E-state index in [9.17, 15) is 16.8 Å². The number of hydrogen-bond donors (Lipinski definition) is 2. The summed E-state index contributed by atoms with van der Waals surface area (Å²) in [6.45, 7) is 2.50. The van der Waals surface area contributed by atoms with E-state index < -0.39 is 20.0 Å². The van der Waals surface area contributed by atoms with Gasteiger partial charge in [-0.1, -0.05) is 32.6 Å². The van der Waals surface area contributed by atoms with Crippen molar-refractivity contribution < 1.29 is 16.8 Å². The Balaban J connectivity index is 2.58. The molecular weight excluding hydrogens is 312 g/mol. The van der Waals surface area contributed by atoms with Gasteiger partial charge in [-0.3, -0.25) is 0 Å². The molecule has 3 N–H and O–H groups in total. The molecule has 0 saturated heterocycles. The molecule has 6 nitrogen and oxygen atoms in total. The quantitative estimate of drug-likeness (QED) is 0.669. The van der Waals surface area contributed by atoms with Crippen molar-refractivity contribution in [3.05, 3.63) is 24.3 Å². The highest BCUT2D eigenvalue weighted by molar-refractivity contribution is 7.89. The van der Waals surface area contributed by atoms with Crippen LogP contribution in [0.25, 0.3) is 0 Å². The number of benzene rings is 1. The maximum Gasteiger partial charge on any atom is 0.240 e. The Morgan fingerprint density at radius 2 is 1.43 bits per heavy atom. The third-order valence-electron chi connectivity index (χ3n) is 3.03. The van der Waals surface area contributed by atoms with Crippen LogP contribution in [0.5, 0.6) is 0 Å². The number of hydrogen-bond acceptors (Lipinski definition) is 4. The molecule has 0 bridgehead atoms. The van der Waals surface area contributed by atoms with Crippen LogP contribution in [-0.4, -0.2) is 23.4 Å². The Morgan fingerprint density at radius 3 is 1.95 bits per heavy atom. The molecule has 0 aliphatic rings. The van der Waals surface area contributed by atoms with Crippen LogP contribution in [0.3, 0.4) is 0 Å². The summed E-state index contributed by atoms with van der Waals surface area (Å²) < 4.78 is 48.7. The van der Waals surface area contributed by atoms with E-state index in [-0.39, 0.29) is 9.79 Å². The zero-order valence-electron chi connectivity index (χ0n) is 12.1. The minimum Gasteiger partial charge on any atom is -0.225 e. The van der Waals surface area contributed by atoms with Crippen molar-refractivity contribution in [1.29, 1.82) is 0 Å². The van der Waals surface area contributed by atoms with Gasteiger partial charge in [0, 0.05) is 6.54 Å². The van der Waals surface area contributed by atoms with Gasteiger partial charge in [-0.2, -0.15) is 0 Å². The average Bonchev–Trinajstić information content (AvgIpc) is 2.42. The number of rotatable bonds is 9. The van der Waals surface area contributed by atoms with Crippen LogP contribution < -0.4 is 9.86 Å². The number of sulfonamides is 2. The van der Waals surface area contributed by atoms with Crippen molar-refractivity contribution >= 4 is 20.0 Å². The minimum absolute atomic E-state index is 0.0310. The highest BCUT2D eigenvalue weighted by atomic mass is 32.2. The molecule has 0 atom stereocenters. The lowest BCUT2D eigenvalue weighted by molar-refractivity contribution is 0.570. The van der Waals surface area contributed by atoms with Gasteiger partial charge >= 0.3 is 0 Å². The Labute approximate surface area is 126 Å². The normalized spacial score (nSPS) is 12.5. The molecule has 0 fully saturated rings. The van der Waals surface area contributed by atoms with Crippen molar-refractivity contribution in [2.45, 2.75) is 48.8 Å². The second-order valence-electron chi connectivity index (χ2n) is 4.83. The summed E-state index contributed by atoms with van der Waals surface area (Å²) in [7, 11) is -7.41. The molecule has 0 radical (unpaired) electrons. The van der Waals surface area contributed by atoms with Gasteiger partial charge in [0.25, 0.3) is 0 Å². The van der Waals surface area contributed by atoms with E-state index in [1.54, 1.807) is 0 Å². The molecule has 0 saturated carbocycles. The Kier molecular flexibility index (Phi) is 6.79. The standard InChI is InChI=1S/C13H22N2O4S2/c1-2-3-4-5-6-11-15-21(18,19)13-9-7-12(8-10-13)20(14,16)17/h7-10,15H,2-6,11H2,1H3,(H2,14,16,17). The van der Waals surface area contributed by atoms with E-state index in [0.29, 0.717) is 6.54 Å². The van der Waals surface area contributed by atoms with Crippen LogP contribution in [0.2, 0.25) is 0 Å². The van der Waals surface area contributed by atoms with Crippen molar-refractivity contribution in [3.8, 4) is 0 Å². The Bertz CT molecular complexity index is 637. The Hall–Kier alpha value is -0.960. The van der Waals surface area contributed by atoms with Gasteiger partial charge in [-0.05, 0) is 30.7 Å². The highest BCUT2D eigenvalue weighted by Crippen LogP contribution is 2.13. The van der Waals surface area contributed by atoms with Gasteiger partial charge in [-0.15, -0.1) is 0 Å². The van der Waals surface area contributed by atoms with E-state index >= 15 is 0 Å². The van der Waals surface area contributed by atoms with E-state index in [1.165, 1.54) is 24.3 Å². The average molecular weight is 334 g/mol. The van der Waals surface area contributed by atoms with Gasteiger partial charge in [0.05, 0.1) is 9.79 Å². The first-order valence-electron chi connectivity index (χ1n) is 6.90. The van der Waals surface area contributed by atoms with Crippen LogP contribution >= 0.6 is 0 Å². The summed E-state index contributed by atoms with van der Waals surface area (Å²) in [6, 6.07) is 4.84. The maximum atomic E-state index is 12.0. The number of nitrogens with one attached hydrogen (secondary N) is 1. The molecule has 21 heavy (non-hydrogen) atoms. The van der Waals surface area contributed by atoms with Crippen LogP contribution in [0.1, 0.15) is 39.0 Å².